The number of fused-ring (bicyclic) bond motifs is 10. The van der Waals surface area contributed by atoms with Crippen LogP contribution in [0.5, 0.6) is 0 Å². The van der Waals surface area contributed by atoms with Gasteiger partial charge in [0.05, 0.1) is 16.6 Å². The molecule has 2 heterocycles. The van der Waals surface area contributed by atoms with Crippen molar-refractivity contribution < 1.29 is 0 Å². The molecule has 11 rings (SSSR count). The maximum Gasteiger partial charge on any atom is 0.0620 e. The van der Waals surface area contributed by atoms with Gasteiger partial charge in [0, 0.05) is 21.5 Å². The van der Waals surface area contributed by atoms with Crippen molar-refractivity contribution in [2.75, 3.05) is 0 Å². The van der Waals surface area contributed by atoms with Gasteiger partial charge in [-0.05, 0) is 114 Å². The first-order chi connectivity index (χ1) is 23.2. The Bertz CT molecular complexity index is 2860. The van der Waals surface area contributed by atoms with Crippen LogP contribution in [0.1, 0.15) is 0 Å². The standard InChI is InChI=1S/C46H27N/c1-3-8-30-20-32(14-12-28(30)6-1)34-16-18-36-26-44-42(24-38(36)22-34)40-10-5-11-41-43-25-39-23-35(17-19-37(39)27-45(43)47(44)46(40)41)33-15-13-29-7-2-4-9-31(29)21-33/h1-27H. The molecule has 0 aliphatic rings. The number of nitrogens with zero attached hydrogens (tertiary/aromatic N) is 1. The van der Waals surface area contributed by atoms with Crippen LogP contribution < -0.4 is 0 Å². The monoisotopic (exact) mass is 593 g/mol. The van der Waals surface area contributed by atoms with Gasteiger partial charge < -0.3 is 4.40 Å². The first kappa shape index (κ1) is 25.1. The Morgan fingerprint density at radius 1 is 0.255 bits per heavy atom. The van der Waals surface area contributed by atoms with Crippen molar-refractivity contribution in [2.45, 2.75) is 0 Å². The van der Waals surface area contributed by atoms with E-state index in [1.165, 1.54) is 103 Å². The van der Waals surface area contributed by atoms with E-state index in [0.29, 0.717) is 0 Å². The Balaban J connectivity index is 1.10. The average molecular weight is 594 g/mol. The van der Waals surface area contributed by atoms with Crippen molar-refractivity contribution in [1.29, 1.82) is 0 Å². The van der Waals surface area contributed by atoms with Gasteiger partial charge in [-0.2, -0.15) is 0 Å². The number of para-hydroxylation sites is 1. The minimum Gasteiger partial charge on any atom is -0.308 e. The molecule has 0 aliphatic carbocycles. The molecule has 216 valence electrons. The van der Waals surface area contributed by atoms with Gasteiger partial charge in [0.25, 0.3) is 0 Å². The van der Waals surface area contributed by atoms with Crippen LogP contribution in [0.3, 0.4) is 0 Å². The van der Waals surface area contributed by atoms with E-state index in [2.05, 4.69) is 168 Å². The molecule has 0 bridgehead atoms. The lowest BCUT2D eigenvalue weighted by atomic mass is 9.97. The van der Waals surface area contributed by atoms with Gasteiger partial charge in [0.1, 0.15) is 0 Å². The summed E-state index contributed by atoms with van der Waals surface area (Å²) in [5.41, 5.74) is 8.85. The number of aromatic nitrogens is 1. The third kappa shape index (κ3) is 3.60. The summed E-state index contributed by atoms with van der Waals surface area (Å²) in [5, 5.41) is 15.4. The van der Waals surface area contributed by atoms with Gasteiger partial charge in [-0.25, -0.2) is 0 Å². The zero-order chi connectivity index (χ0) is 30.6. The van der Waals surface area contributed by atoms with Crippen LogP contribution in [0.4, 0.5) is 0 Å². The second-order valence-electron chi connectivity index (χ2n) is 13.0. The van der Waals surface area contributed by atoms with Crippen molar-refractivity contribution in [3.05, 3.63) is 164 Å². The van der Waals surface area contributed by atoms with E-state index in [1.807, 2.05) is 0 Å². The summed E-state index contributed by atoms with van der Waals surface area (Å²) in [6, 6.07) is 60.9. The normalized spacial score (nSPS) is 12.3. The molecule has 0 unspecified atom stereocenters. The van der Waals surface area contributed by atoms with E-state index < -0.39 is 0 Å². The largest absolute Gasteiger partial charge is 0.308 e. The molecule has 47 heavy (non-hydrogen) atoms. The van der Waals surface area contributed by atoms with Crippen LogP contribution in [0, 0.1) is 0 Å². The van der Waals surface area contributed by atoms with Crippen LogP contribution in [0.15, 0.2) is 164 Å². The lowest BCUT2D eigenvalue weighted by molar-refractivity contribution is 1.38. The van der Waals surface area contributed by atoms with E-state index in [4.69, 9.17) is 0 Å². The Hall–Kier alpha value is -6.18. The summed E-state index contributed by atoms with van der Waals surface area (Å²) in [4.78, 5) is 0. The zero-order valence-electron chi connectivity index (χ0n) is 25.5. The van der Waals surface area contributed by atoms with E-state index >= 15 is 0 Å². The molecule has 0 saturated heterocycles. The summed E-state index contributed by atoms with van der Waals surface area (Å²) < 4.78 is 2.50. The smallest absolute Gasteiger partial charge is 0.0620 e. The zero-order valence-corrected chi connectivity index (χ0v) is 25.5. The van der Waals surface area contributed by atoms with Crippen molar-refractivity contribution in [3.63, 3.8) is 0 Å². The third-order valence-corrected chi connectivity index (χ3v) is 10.4. The topological polar surface area (TPSA) is 4.41 Å². The molecule has 0 aliphatic heterocycles. The second-order valence-corrected chi connectivity index (χ2v) is 13.0. The maximum absolute atomic E-state index is 2.50. The Morgan fingerprint density at radius 2 is 0.638 bits per heavy atom. The lowest BCUT2D eigenvalue weighted by Gasteiger charge is -2.08. The van der Waals surface area contributed by atoms with Gasteiger partial charge in [0.2, 0.25) is 0 Å². The molecule has 1 heteroatoms. The number of rotatable bonds is 2. The summed E-state index contributed by atoms with van der Waals surface area (Å²) in [7, 11) is 0. The molecule has 0 amide bonds. The van der Waals surface area contributed by atoms with E-state index in [-0.39, 0.29) is 0 Å². The van der Waals surface area contributed by atoms with E-state index in [1.54, 1.807) is 0 Å². The summed E-state index contributed by atoms with van der Waals surface area (Å²) in [6.45, 7) is 0. The van der Waals surface area contributed by atoms with Gasteiger partial charge in [0.15, 0.2) is 0 Å². The van der Waals surface area contributed by atoms with Crippen molar-refractivity contribution in [2.24, 2.45) is 0 Å². The predicted molar refractivity (Wildman–Crippen MR) is 202 cm³/mol. The molecule has 11 aromatic rings. The molecular weight excluding hydrogens is 567 g/mol. The van der Waals surface area contributed by atoms with Gasteiger partial charge in [-0.3, -0.25) is 0 Å². The molecule has 2 aromatic heterocycles. The SMILES string of the molecule is c1ccc2cc(-c3ccc4cc5c(cc4c3)c3cccc4c6cc7cc(-c8ccc9ccccc9c8)ccc7cc6n5c34)ccc2c1. The summed E-state index contributed by atoms with van der Waals surface area (Å²) in [6.07, 6.45) is 0. The van der Waals surface area contributed by atoms with Gasteiger partial charge in [-0.1, -0.05) is 115 Å². The summed E-state index contributed by atoms with van der Waals surface area (Å²) >= 11 is 0. The highest BCUT2D eigenvalue weighted by Crippen LogP contribution is 2.42. The fraction of sp³-hybridized carbons (Fsp3) is 0. The molecule has 0 saturated carbocycles. The molecule has 0 atom stereocenters. The van der Waals surface area contributed by atoms with Crippen molar-refractivity contribution in [3.8, 4) is 22.3 Å². The molecule has 0 fully saturated rings. The molecule has 0 radical (unpaired) electrons. The van der Waals surface area contributed by atoms with Crippen LogP contribution in [-0.4, -0.2) is 4.40 Å². The Labute approximate surface area is 270 Å². The van der Waals surface area contributed by atoms with Crippen LogP contribution in [0.2, 0.25) is 0 Å². The third-order valence-electron chi connectivity index (χ3n) is 10.4. The van der Waals surface area contributed by atoms with Crippen LogP contribution >= 0.6 is 0 Å². The first-order valence-corrected chi connectivity index (χ1v) is 16.3. The highest BCUT2D eigenvalue weighted by Gasteiger charge is 2.18. The number of benzene rings is 9. The quantitative estimate of drug-likeness (QED) is 0.188. The molecule has 0 spiro atoms. The highest BCUT2D eigenvalue weighted by atomic mass is 14.9. The van der Waals surface area contributed by atoms with Crippen LogP contribution in [-0.2, 0) is 0 Å². The fourth-order valence-electron chi connectivity index (χ4n) is 8.06. The maximum atomic E-state index is 2.50. The molecule has 9 aromatic carbocycles. The fourth-order valence-corrected chi connectivity index (χ4v) is 8.06. The summed E-state index contributed by atoms with van der Waals surface area (Å²) in [5.74, 6) is 0. The van der Waals surface area contributed by atoms with E-state index in [9.17, 15) is 0 Å². The minimum absolute atomic E-state index is 1.25. The van der Waals surface area contributed by atoms with Crippen molar-refractivity contribution in [1.82, 2.24) is 4.40 Å². The van der Waals surface area contributed by atoms with Gasteiger partial charge >= 0.3 is 0 Å². The average Bonchev–Trinajstić information content (AvgIpc) is 3.63. The molecule has 0 N–H and O–H groups in total. The molecular formula is C46H27N. The second kappa shape index (κ2) is 9.19. The number of hydrogen-bond acceptors (Lipinski definition) is 0. The molecule has 1 nitrogen and oxygen atoms in total. The van der Waals surface area contributed by atoms with E-state index in [0.717, 1.165) is 0 Å². The highest BCUT2D eigenvalue weighted by molar-refractivity contribution is 6.26. The predicted octanol–water partition coefficient (Wildman–Crippen LogP) is 12.8. The van der Waals surface area contributed by atoms with Crippen LogP contribution in [0.25, 0.3) is 103 Å². The number of hydrogen-bond donors (Lipinski definition) is 0. The Morgan fingerprint density at radius 3 is 1.11 bits per heavy atom. The lowest BCUT2D eigenvalue weighted by Crippen LogP contribution is -1.84. The Kier molecular flexibility index (Phi) is 4.90. The first-order valence-electron chi connectivity index (χ1n) is 16.3. The van der Waals surface area contributed by atoms with Crippen molar-refractivity contribution >= 4 is 81.2 Å². The van der Waals surface area contributed by atoms with Gasteiger partial charge in [-0.15, -0.1) is 0 Å². The minimum atomic E-state index is 1.25.